The van der Waals surface area contributed by atoms with E-state index in [9.17, 15) is 4.79 Å². The average molecular weight is 295 g/mol. The van der Waals surface area contributed by atoms with Crippen molar-refractivity contribution in [3.8, 4) is 0 Å². The average Bonchev–Trinajstić information content (AvgIpc) is 3.25. The minimum Gasteiger partial charge on any atom is -0.370 e. The quantitative estimate of drug-likeness (QED) is 0.854. The van der Waals surface area contributed by atoms with E-state index in [0.717, 1.165) is 51.0 Å². The van der Waals surface area contributed by atoms with Crippen LogP contribution in [0.25, 0.3) is 10.9 Å². The molecule has 114 valence electrons. The van der Waals surface area contributed by atoms with E-state index < -0.39 is 0 Å². The highest BCUT2D eigenvalue weighted by atomic mass is 16.2. The Bertz CT molecular complexity index is 688. The van der Waals surface area contributed by atoms with Gasteiger partial charge >= 0.3 is 0 Å². The Kier molecular flexibility index (Phi) is 3.45. The van der Waals surface area contributed by atoms with Crippen LogP contribution in [0, 0.1) is 5.92 Å². The highest BCUT2D eigenvalue weighted by molar-refractivity contribution is 5.92. The molecule has 4 heteroatoms. The summed E-state index contributed by atoms with van der Waals surface area (Å²) in [6, 6.07) is 10.3. The van der Waals surface area contributed by atoms with Gasteiger partial charge in [-0.2, -0.15) is 0 Å². The Labute approximate surface area is 130 Å². The van der Waals surface area contributed by atoms with E-state index in [-0.39, 0.29) is 5.92 Å². The number of carbonyl (C=O) groups excluding carboxylic acids is 1. The summed E-state index contributed by atoms with van der Waals surface area (Å²) in [5.74, 6) is 0.517. The van der Waals surface area contributed by atoms with E-state index in [1.807, 2.05) is 18.3 Å². The van der Waals surface area contributed by atoms with Crippen molar-refractivity contribution in [2.45, 2.75) is 19.3 Å². The van der Waals surface area contributed by atoms with Crippen LogP contribution >= 0.6 is 0 Å². The molecule has 22 heavy (non-hydrogen) atoms. The second-order valence-corrected chi connectivity index (χ2v) is 6.31. The Morgan fingerprint density at radius 1 is 1.09 bits per heavy atom. The zero-order valence-electron chi connectivity index (χ0n) is 12.7. The highest BCUT2D eigenvalue weighted by Gasteiger charge is 2.32. The third-order valence-corrected chi connectivity index (χ3v) is 4.92. The van der Waals surface area contributed by atoms with Crippen molar-refractivity contribution in [3.05, 3.63) is 36.5 Å². The molecule has 0 bridgehead atoms. The summed E-state index contributed by atoms with van der Waals surface area (Å²) < 4.78 is 0. The van der Waals surface area contributed by atoms with Crippen LogP contribution < -0.4 is 4.90 Å². The maximum atomic E-state index is 12.6. The van der Waals surface area contributed by atoms with Gasteiger partial charge in [-0.15, -0.1) is 0 Å². The number of rotatable bonds is 2. The second-order valence-electron chi connectivity index (χ2n) is 6.31. The predicted octanol–water partition coefficient (Wildman–Crippen LogP) is 2.68. The van der Waals surface area contributed by atoms with Gasteiger partial charge in [0.25, 0.3) is 0 Å². The van der Waals surface area contributed by atoms with Crippen LogP contribution in [-0.2, 0) is 4.79 Å². The molecule has 1 aromatic carbocycles. The monoisotopic (exact) mass is 295 g/mol. The summed E-state index contributed by atoms with van der Waals surface area (Å²) in [6.45, 7) is 3.70. The first-order chi connectivity index (χ1) is 10.8. The summed E-state index contributed by atoms with van der Waals surface area (Å²) >= 11 is 0. The lowest BCUT2D eigenvalue weighted by Crippen LogP contribution is -2.35. The van der Waals surface area contributed by atoms with E-state index in [0.29, 0.717) is 5.91 Å². The Hall–Kier alpha value is -2.10. The van der Waals surface area contributed by atoms with Crippen LogP contribution in [0.4, 0.5) is 5.69 Å². The lowest BCUT2D eigenvalue weighted by Gasteiger charge is -2.22. The zero-order chi connectivity index (χ0) is 14.9. The molecule has 1 aromatic heterocycles. The molecular formula is C18H21N3O. The van der Waals surface area contributed by atoms with E-state index in [1.54, 1.807) is 0 Å². The van der Waals surface area contributed by atoms with E-state index in [2.05, 4.69) is 33.0 Å². The molecule has 1 atom stereocenters. The molecule has 0 saturated carbocycles. The summed E-state index contributed by atoms with van der Waals surface area (Å²) in [5.41, 5.74) is 2.23. The number of fused-ring (bicyclic) bond motifs is 1. The van der Waals surface area contributed by atoms with Gasteiger partial charge in [-0.25, -0.2) is 0 Å². The maximum absolute atomic E-state index is 12.6. The first-order valence-corrected chi connectivity index (χ1v) is 8.20. The molecule has 4 rings (SSSR count). The molecule has 1 amide bonds. The van der Waals surface area contributed by atoms with Crippen molar-refractivity contribution >= 4 is 22.5 Å². The topological polar surface area (TPSA) is 36.4 Å². The lowest BCUT2D eigenvalue weighted by molar-refractivity contribution is -0.133. The molecule has 0 aliphatic carbocycles. The second kappa shape index (κ2) is 5.59. The number of benzene rings is 1. The SMILES string of the molecule is O=C(C1CCN(c2ccnc3ccccc23)C1)N1CCCC1. The van der Waals surface area contributed by atoms with Gasteiger partial charge in [-0.3, -0.25) is 9.78 Å². The van der Waals surface area contributed by atoms with Gasteiger partial charge in [0.05, 0.1) is 11.4 Å². The van der Waals surface area contributed by atoms with Crippen molar-refractivity contribution in [1.82, 2.24) is 9.88 Å². The number of para-hydroxylation sites is 1. The van der Waals surface area contributed by atoms with Crippen LogP contribution in [0.15, 0.2) is 36.5 Å². The van der Waals surface area contributed by atoms with Gasteiger partial charge in [0.15, 0.2) is 0 Å². The summed E-state index contributed by atoms with van der Waals surface area (Å²) in [7, 11) is 0. The summed E-state index contributed by atoms with van der Waals surface area (Å²) in [4.78, 5) is 21.4. The van der Waals surface area contributed by atoms with Crippen LogP contribution in [0.5, 0.6) is 0 Å². The lowest BCUT2D eigenvalue weighted by atomic mass is 10.1. The van der Waals surface area contributed by atoms with Crippen molar-refractivity contribution in [3.63, 3.8) is 0 Å². The van der Waals surface area contributed by atoms with Crippen molar-refractivity contribution in [2.75, 3.05) is 31.1 Å². The number of pyridine rings is 1. The van der Waals surface area contributed by atoms with Crippen molar-refractivity contribution in [1.29, 1.82) is 0 Å². The van der Waals surface area contributed by atoms with Crippen LogP contribution in [-0.4, -0.2) is 42.0 Å². The van der Waals surface area contributed by atoms with Gasteiger partial charge in [0, 0.05) is 43.4 Å². The Balaban J connectivity index is 1.55. The minimum atomic E-state index is 0.157. The molecule has 2 saturated heterocycles. The van der Waals surface area contributed by atoms with Gasteiger partial charge in [-0.1, -0.05) is 18.2 Å². The van der Waals surface area contributed by atoms with E-state index in [4.69, 9.17) is 0 Å². The molecule has 2 aromatic rings. The molecule has 2 aliphatic heterocycles. The predicted molar refractivity (Wildman–Crippen MR) is 87.9 cm³/mol. The number of nitrogens with zero attached hydrogens (tertiary/aromatic N) is 3. The van der Waals surface area contributed by atoms with Crippen LogP contribution in [0.1, 0.15) is 19.3 Å². The van der Waals surface area contributed by atoms with Crippen molar-refractivity contribution < 1.29 is 4.79 Å². The van der Waals surface area contributed by atoms with Gasteiger partial charge in [0.2, 0.25) is 5.91 Å². The van der Waals surface area contributed by atoms with Crippen LogP contribution in [0.3, 0.4) is 0 Å². The summed E-state index contributed by atoms with van der Waals surface area (Å²) in [5, 5.41) is 1.18. The number of hydrogen-bond acceptors (Lipinski definition) is 3. The third kappa shape index (κ3) is 2.32. The molecule has 4 nitrogen and oxygen atoms in total. The molecule has 1 unspecified atom stereocenters. The van der Waals surface area contributed by atoms with Gasteiger partial charge < -0.3 is 9.80 Å². The van der Waals surface area contributed by atoms with Gasteiger partial charge in [0.1, 0.15) is 0 Å². The number of amides is 1. The molecular weight excluding hydrogens is 274 g/mol. The highest BCUT2D eigenvalue weighted by Crippen LogP contribution is 2.30. The van der Waals surface area contributed by atoms with Crippen LogP contribution in [0.2, 0.25) is 0 Å². The largest absolute Gasteiger partial charge is 0.370 e. The fraction of sp³-hybridized carbons (Fsp3) is 0.444. The molecule has 0 N–H and O–H groups in total. The number of carbonyl (C=O) groups is 1. The smallest absolute Gasteiger partial charge is 0.227 e. The number of anilines is 1. The fourth-order valence-corrected chi connectivity index (χ4v) is 3.73. The minimum absolute atomic E-state index is 0.157. The van der Waals surface area contributed by atoms with Gasteiger partial charge in [-0.05, 0) is 31.4 Å². The summed E-state index contributed by atoms with van der Waals surface area (Å²) in [6.07, 6.45) is 5.16. The molecule has 2 aliphatic rings. The molecule has 3 heterocycles. The Morgan fingerprint density at radius 3 is 2.77 bits per heavy atom. The standard InChI is InChI=1S/C18H21N3O/c22-18(20-10-3-4-11-20)14-8-12-21(13-14)17-7-9-19-16-6-2-1-5-15(16)17/h1-2,5-7,9,14H,3-4,8,10-13H2. The first kappa shape index (κ1) is 13.6. The molecule has 0 radical (unpaired) electrons. The van der Waals surface area contributed by atoms with E-state index >= 15 is 0 Å². The van der Waals surface area contributed by atoms with E-state index in [1.165, 1.54) is 11.1 Å². The number of aromatic nitrogens is 1. The molecule has 0 spiro atoms. The third-order valence-electron chi connectivity index (χ3n) is 4.92. The normalized spacial score (nSPS) is 21.7. The number of hydrogen-bond donors (Lipinski definition) is 0. The van der Waals surface area contributed by atoms with Crippen molar-refractivity contribution in [2.24, 2.45) is 5.92 Å². The maximum Gasteiger partial charge on any atom is 0.227 e. The zero-order valence-corrected chi connectivity index (χ0v) is 12.7. The molecule has 2 fully saturated rings. The Morgan fingerprint density at radius 2 is 1.91 bits per heavy atom. The number of likely N-dealkylation sites (tertiary alicyclic amines) is 1. The fourth-order valence-electron chi connectivity index (χ4n) is 3.73. The first-order valence-electron chi connectivity index (χ1n) is 8.20.